The van der Waals surface area contributed by atoms with Crippen molar-refractivity contribution in [3.63, 3.8) is 0 Å². The fourth-order valence-corrected chi connectivity index (χ4v) is 4.46. The molecule has 2 saturated heterocycles. The number of ether oxygens (including phenoxy) is 1. The van der Waals surface area contributed by atoms with E-state index in [-0.39, 0.29) is 0 Å². The monoisotopic (exact) mass is 245 g/mol. The van der Waals surface area contributed by atoms with Crippen LogP contribution in [0.4, 0.5) is 0 Å². The Bertz CT molecular complexity index is 249. The number of morpholine rings is 1. The molecule has 2 heterocycles. The van der Waals surface area contributed by atoms with Gasteiger partial charge in [0.1, 0.15) is 0 Å². The Balaban J connectivity index is 1.98. The Labute approximate surface area is 102 Å². The fraction of sp³-hybridized carbons (Fsp3) is 0.909. The van der Waals surface area contributed by atoms with Crippen molar-refractivity contribution >= 4 is 28.2 Å². The summed E-state index contributed by atoms with van der Waals surface area (Å²) in [5.74, 6) is 0. The molecule has 0 aliphatic carbocycles. The van der Waals surface area contributed by atoms with Gasteiger partial charge >= 0.3 is 0 Å². The van der Waals surface area contributed by atoms with Crippen molar-refractivity contribution in [1.29, 1.82) is 0 Å². The van der Waals surface area contributed by atoms with Crippen LogP contribution in [0.25, 0.3) is 0 Å². The van der Waals surface area contributed by atoms with E-state index in [0.717, 1.165) is 32.7 Å². The summed E-state index contributed by atoms with van der Waals surface area (Å²) in [4.78, 5) is 2.55. The van der Waals surface area contributed by atoms with Crippen LogP contribution in [0.3, 0.4) is 0 Å². The highest BCUT2D eigenvalue weighted by Crippen LogP contribution is 2.39. The van der Waals surface area contributed by atoms with Crippen LogP contribution >= 0.6 is 24.0 Å². The Morgan fingerprint density at radius 3 is 2.67 bits per heavy atom. The first-order valence-corrected chi connectivity index (χ1v) is 6.83. The van der Waals surface area contributed by atoms with Gasteiger partial charge in [-0.15, -0.1) is 11.8 Å². The Morgan fingerprint density at radius 2 is 2.07 bits per heavy atom. The number of rotatable bonds is 1. The summed E-state index contributed by atoms with van der Waals surface area (Å²) in [5, 5.41) is 0. The molecule has 0 spiro atoms. The molecule has 0 bridgehead atoms. The van der Waals surface area contributed by atoms with Gasteiger partial charge in [-0.2, -0.15) is 0 Å². The molecule has 1 unspecified atom stereocenters. The van der Waals surface area contributed by atoms with Crippen molar-refractivity contribution in [2.75, 3.05) is 26.3 Å². The van der Waals surface area contributed by atoms with Gasteiger partial charge < -0.3 is 4.74 Å². The largest absolute Gasteiger partial charge is 0.379 e. The van der Waals surface area contributed by atoms with Crippen LogP contribution in [-0.4, -0.2) is 46.2 Å². The molecule has 0 amide bonds. The first kappa shape index (κ1) is 11.8. The molecular weight excluding hydrogens is 226 g/mol. The fourth-order valence-electron chi connectivity index (χ4n) is 2.42. The Morgan fingerprint density at radius 1 is 1.40 bits per heavy atom. The molecular formula is C11H19NOS2. The maximum Gasteiger partial charge on any atom is 0.0594 e. The summed E-state index contributed by atoms with van der Waals surface area (Å²) < 4.78 is 6.89. The lowest BCUT2D eigenvalue weighted by Gasteiger charge is -2.42. The van der Waals surface area contributed by atoms with Crippen molar-refractivity contribution in [2.45, 2.75) is 37.5 Å². The third-order valence-corrected chi connectivity index (χ3v) is 4.61. The molecule has 2 rings (SSSR count). The van der Waals surface area contributed by atoms with Crippen LogP contribution in [-0.2, 0) is 4.74 Å². The first-order valence-electron chi connectivity index (χ1n) is 5.60. The summed E-state index contributed by atoms with van der Waals surface area (Å²) in [7, 11) is 0. The van der Waals surface area contributed by atoms with Crippen molar-refractivity contribution in [1.82, 2.24) is 4.90 Å². The molecule has 0 aromatic heterocycles. The minimum absolute atomic E-state index is 0.318. The summed E-state index contributed by atoms with van der Waals surface area (Å²) >= 11 is 7.29. The third kappa shape index (κ3) is 3.16. The zero-order valence-corrected chi connectivity index (χ0v) is 11.1. The van der Waals surface area contributed by atoms with E-state index in [0.29, 0.717) is 10.8 Å². The van der Waals surface area contributed by atoms with Gasteiger partial charge in [0, 0.05) is 34.5 Å². The minimum atomic E-state index is 0.318. The molecule has 86 valence electrons. The topological polar surface area (TPSA) is 12.5 Å². The van der Waals surface area contributed by atoms with Gasteiger partial charge in [0.05, 0.1) is 13.2 Å². The second-order valence-electron chi connectivity index (χ2n) is 4.94. The molecule has 2 fully saturated rings. The molecule has 1 atom stereocenters. The zero-order valence-electron chi connectivity index (χ0n) is 9.49. The smallest absolute Gasteiger partial charge is 0.0594 e. The third-order valence-electron chi connectivity index (χ3n) is 3.08. The molecule has 0 radical (unpaired) electrons. The SMILES string of the molecule is CC1(C)CC(N2CCOCC2)CC(=S)S1. The van der Waals surface area contributed by atoms with E-state index >= 15 is 0 Å². The molecule has 2 aliphatic heterocycles. The Kier molecular flexibility index (Phi) is 3.71. The van der Waals surface area contributed by atoms with Crippen LogP contribution in [0.15, 0.2) is 0 Å². The molecule has 0 aromatic rings. The highest BCUT2D eigenvalue weighted by atomic mass is 32.2. The van der Waals surface area contributed by atoms with Crippen molar-refractivity contribution in [3.05, 3.63) is 0 Å². The lowest BCUT2D eigenvalue weighted by atomic mass is 9.98. The predicted octanol–water partition coefficient (Wildman–Crippen LogP) is 2.32. The van der Waals surface area contributed by atoms with Crippen molar-refractivity contribution in [2.24, 2.45) is 0 Å². The maximum atomic E-state index is 5.41. The van der Waals surface area contributed by atoms with E-state index in [2.05, 4.69) is 18.7 Å². The first-order chi connectivity index (χ1) is 7.07. The van der Waals surface area contributed by atoms with E-state index in [1.165, 1.54) is 10.6 Å². The van der Waals surface area contributed by atoms with Crippen LogP contribution in [0.5, 0.6) is 0 Å². The normalized spacial score (nSPS) is 32.9. The maximum absolute atomic E-state index is 5.41. The van der Waals surface area contributed by atoms with Gasteiger partial charge in [-0.3, -0.25) is 4.90 Å². The molecule has 2 aliphatic rings. The van der Waals surface area contributed by atoms with Gasteiger partial charge in [-0.05, 0) is 6.42 Å². The average molecular weight is 245 g/mol. The van der Waals surface area contributed by atoms with E-state index in [4.69, 9.17) is 17.0 Å². The van der Waals surface area contributed by atoms with Gasteiger partial charge in [0.2, 0.25) is 0 Å². The predicted molar refractivity (Wildman–Crippen MR) is 69.7 cm³/mol. The average Bonchev–Trinajstić information content (AvgIpc) is 2.16. The lowest BCUT2D eigenvalue weighted by molar-refractivity contribution is 0.0145. The summed E-state index contributed by atoms with van der Waals surface area (Å²) in [6.45, 7) is 8.53. The number of thioether (sulfide) groups is 1. The Hall–Kier alpha value is 0.360. The van der Waals surface area contributed by atoms with Gasteiger partial charge in [0.15, 0.2) is 0 Å². The molecule has 0 saturated carbocycles. The highest BCUT2D eigenvalue weighted by molar-refractivity contribution is 8.24. The molecule has 0 aromatic carbocycles. The zero-order chi connectivity index (χ0) is 10.9. The quantitative estimate of drug-likeness (QED) is 0.657. The second kappa shape index (κ2) is 4.70. The van der Waals surface area contributed by atoms with Crippen molar-refractivity contribution in [3.8, 4) is 0 Å². The summed E-state index contributed by atoms with van der Waals surface area (Å²) in [5.41, 5.74) is 0. The number of thiocarbonyl (C=S) groups is 1. The standard InChI is InChI=1S/C11H19NOS2/c1-11(2)8-9(7-10(14)15-11)12-3-5-13-6-4-12/h9H,3-8H2,1-2H3. The number of nitrogens with zero attached hydrogens (tertiary/aromatic N) is 1. The van der Waals surface area contributed by atoms with E-state index in [9.17, 15) is 0 Å². The molecule has 15 heavy (non-hydrogen) atoms. The summed E-state index contributed by atoms with van der Waals surface area (Å²) in [6.07, 6.45) is 2.33. The van der Waals surface area contributed by atoms with E-state index in [1.807, 2.05) is 11.8 Å². The number of hydrogen-bond donors (Lipinski definition) is 0. The lowest BCUT2D eigenvalue weighted by Crippen LogP contribution is -2.48. The van der Waals surface area contributed by atoms with E-state index in [1.54, 1.807) is 0 Å². The van der Waals surface area contributed by atoms with Crippen LogP contribution in [0.2, 0.25) is 0 Å². The second-order valence-corrected chi connectivity index (χ2v) is 7.50. The minimum Gasteiger partial charge on any atom is -0.379 e. The number of hydrogen-bond acceptors (Lipinski definition) is 4. The highest BCUT2D eigenvalue weighted by Gasteiger charge is 2.35. The molecule has 2 nitrogen and oxygen atoms in total. The van der Waals surface area contributed by atoms with Crippen LogP contribution < -0.4 is 0 Å². The van der Waals surface area contributed by atoms with E-state index < -0.39 is 0 Å². The van der Waals surface area contributed by atoms with Gasteiger partial charge in [-0.25, -0.2) is 0 Å². The molecule has 4 heteroatoms. The van der Waals surface area contributed by atoms with Crippen LogP contribution in [0.1, 0.15) is 26.7 Å². The summed E-state index contributed by atoms with van der Waals surface area (Å²) in [6, 6.07) is 0.651. The van der Waals surface area contributed by atoms with Crippen LogP contribution in [0, 0.1) is 0 Å². The van der Waals surface area contributed by atoms with Crippen molar-refractivity contribution < 1.29 is 4.74 Å². The van der Waals surface area contributed by atoms with Gasteiger partial charge in [-0.1, -0.05) is 26.1 Å². The molecule has 0 N–H and O–H groups in total. The van der Waals surface area contributed by atoms with Gasteiger partial charge in [0.25, 0.3) is 0 Å².